The maximum absolute atomic E-state index is 4.75. The molecule has 28 heavy (non-hydrogen) atoms. The Morgan fingerprint density at radius 2 is 1.79 bits per heavy atom. The number of nitrogens with zero attached hydrogens (tertiary/aromatic N) is 4. The normalized spacial score (nSPS) is 14.1. The molecular formula is C23H29BrN4. The highest BCUT2D eigenvalue weighted by atomic mass is 79.9. The minimum absolute atomic E-state index is 0.821. The van der Waals surface area contributed by atoms with Crippen LogP contribution in [0, 0.1) is 26.7 Å². The van der Waals surface area contributed by atoms with Crippen molar-refractivity contribution in [3.63, 3.8) is 0 Å². The predicted octanol–water partition coefficient (Wildman–Crippen LogP) is 5.95. The molecule has 1 aliphatic rings. The van der Waals surface area contributed by atoms with Crippen molar-refractivity contribution in [3.05, 3.63) is 39.8 Å². The van der Waals surface area contributed by atoms with Gasteiger partial charge in [-0.25, -0.2) is 9.97 Å². The maximum Gasteiger partial charge on any atom is 0.156 e. The molecule has 1 saturated carbocycles. The van der Waals surface area contributed by atoms with E-state index in [0.29, 0.717) is 0 Å². The zero-order valence-corrected chi connectivity index (χ0v) is 19.1. The number of benzene rings is 1. The summed E-state index contributed by atoms with van der Waals surface area (Å²) in [5.74, 6) is 1.89. The first-order chi connectivity index (χ1) is 13.4. The number of aryl methyl sites for hydroxylation is 4. The fourth-order valence-corrected chi connectivity index (χ4v) is 4.98. The lowest BCUT2D eigenvalue weighted by Gasteiger charge is -2.24. The van der Waals surface area contributed by atoms with E-state index in [4.69, 9.17) is 9.97 Å². The molecule has 148 valence electrons. The Bertz CT molecular complexity index is 1010. The van der Waals surface area contributed by atoms with Crippen LogP contribution in [0.25, 0.3) is 22.2 Å². The number of fused-ring (bicyclic) bond motifs is 1. The minimum atomic E-state index is 0.821. The quantitative estimate of drug-likeness (QED) is 0.474. The van der Waals surface area contributed by atoms with Crippen LogP contribution in [0.1, 0.15) is 42.9 Å². The third kappa shape index (κ3) is 3.34. The van der Waals surface area contributed by atoms with Crippen molar-refractivity contribution in [2.45, 2.75) is 47.0 Å². The molecule has 2 aromatic heterocycles. The number of aromatic nitrogens is 3. The Morgan fingerprint density at radius 3 is 2.39 bits per heavy atom. The van der Waals surface area contributed by atoms with Gasteiger partial charge < -0.3 is 9.47 Å². The van der Waals surface area contributed by atoms with Crippen molar-refractivity contribution in [1.29, 1.82) is 0 Å². The minimum Gasteiger partial charge on any atom is -0.355 e. The predicted molar refractivity (Wildman–Crippen MR) is 121 cm³/mol. The highest BCUT2D eigenvalue weighted by molar-refractivity contribution is 9.10. The molecule has 1 aliphatic carbocycles. The van der Waals surface area contributed by atoms with Crippen molar-refractivity contribution in [2.24, 2.45) is 13.0 Å². The van der Waals surface area contributed by atoms with Crippen molar-refractivity contribution in [2.75, 3.05) is 18.0 Å². The van der Waals surface area contributed by atoms with Crippen LogP contribution in [0.2, 0.25) is 0 Å². The molecule has 0 saturated heterocycles. The van der Waals surface area contributed by atoms with Crippen LogP contribution in [-0.4, -0.2) is 27.6 Å². The molecule has 1 aromatic carbocycles. The third-order valence-corrected chi connectivity index (χ3v) is 6.70. The lowest BCUT2D eigenvalue weighted by atomic mass is 9.95. The number of halogens is 1. The van der Waals surface area contributed by atoms with Crippen LogP contribution in [0.5, 0.6) is 0 Å². The van der Waals surface area contributed by atoms with Gasteiger partial charge in [-0.05, 0) is 78.6 Å². The van der Waals surface area contributed by atoms with Gasteiger partial charge in [-0.2, -0.15) is 0 Å². The number of hydrogen-bond acceptors (Lipinski definition) is 3. The van der Waals surface area contributed by atoms with Crippen LogP contribution in [0.4, 0.5) is 5.82 Å². The van der Waals surface area contributed by atoms with Crippen molar-refractivity contribution >= 4 is 32.8 Å². The molecule has 0 N–H and O–H groups in total. The number of rotatable bonds is 6. The molecule has 2 heterocycles. The first-order valence-electron chi connectivity index (χ1n) is 10.2. The summed E-state index contributed by atoms with van der Waals surface area (Å²) in [5, 5.41) is 0. The molecule has 0 amide bonds. The third-order valence-electron chi connectivity index (χ3n) is 5.77. The molecular weight excluding hydrogens is 412 g/mol. The van der Waals surface area contributed by atoms with Gasteiger partial charge in [0.25, 0.3) is 0 Å². The van der Waals surface area contributed by atoms with E-state index in [0.717, 1.165) is 46.9 Å². The molecule has 0 spiro atoms. The Hall–Kier alpha value is -1.88. The largest absolute Gasteiger partial charge is 0.355 e. The van der Waals surface area contributed by atoms with E-state index in [2.05, 4.69) is 72.3 Å². The van der Waals surface area contributed by atoms with Gasteiger partial charge >= 0.3 is 0 Å². The molecule has 0 radical (unpaired) electrons. The molecule has 5 heteroatoms. The van der Waals surface area contributed by atoms with Gasteiger partial charge in [0, 0.05) is 25.7 Å². The summed E-state index contributed by atoms with van der Waals surface area (Å²) >= 11 is 3.88. The van der Waals surface area contributed by atoms with Crippen molar-refractivity contribution < 1.29 is 0 Å². The summed E-state index contributed by atoms with van der Waals surface area (Å²) in [5.41, 5.74) is 8.48. The van der Waals surface area contributed by atoms with Crippen LogP contribution >= 0.6 is 15.9 Å². The van der Waals surface area contributed by atoms with Gasteiger partial charge in [-0.3, -0.25) is 0 Å². The van der Waals surface area contributed by atoms with E-state index in [9.17, 15) is 0 Å². The lowest BCUT2D eigenvalue weighted by molar-refractivity contribution is 0.698. The second-order valence-corrected chi connectivity index (χ2v) is 9.03. The molecule has 4 nitrogen and oxygen atoms in total. The Kier molecular flexibility index (Phi) is 5.21. The fraction of sp³-hybridized carbons (Fsp3) is 0.478. The molecule has 0 aliphatic heterocycles. The van der Waals surface area contributed by atoms with Gasteiger partial charge in [0.05, 0.1) is 4.60 Å². The summed E-state index contributed by atoms with van der Waals surface area (Å²) in [6.45, 7) is 10.9. The molecule has 0 atom stereocenters. The van der Waals surface area contributed by atoms with E-state index in [1.807, 2.05) is 0 Å². The van der Waals surface area contributed by atoms with E-state index in [1.165, 1.54) is 40.7 Å². The first-order valence-corrected chi connectivity index (χ1v) is 11.0. The molecule has 3 aromatic rings. The lowest BCUT2D eigenvalue weighted by Crippen LogP contribution is -2.28. The first kappa shape index (κ1) is 19.4. The van der Waals surface area contributed by atoms with Gasteiger partial charge in [0.15, 0.2) is 5.82 Å². The van der Waals surface area contributed by atoms with Crippen molar-refractivity contribution in [1.82, 2.24) is 14.5 Å². The highest BCUT2D eigenvalue weighted by Crippen LogP contribution is 2.42. The number of hydrogen-bond donors (Lipinski definition) is 0. The zero-order valence-electron chi connectivity index (χ0n) is 17.5. The van der Waals surface area contributed by atoms with Gasteiger partial charge in [0.2, 0.25) is 0 Å². The van der Waals surface area contributed by atoms with Crippen LogP contribution in [0.15, 0.2) is 23.1 Å². The average Bonchev–Trinajstić information content (AvgIpc) is 3.42. The van der Waals surface area contributed by atoms with E-state index in [-0.39, 0.29) is 0 Å². The molecule has 1 fully saturated rings. The smallest absolute Gasteiger partial charge is 0.156 e. The van der Waals surface area contributed by atoms with E-state index >= 15 is 0 Å². The fourth-order valence-electron chi connectivity index (χ4n) is 4.42. The Labute approximate surface area is 176 Å². The van der Waals surface area contributed by atoms with E-state index < -0.39 is 0 Å². The summed E-state index contributed by atoms with van der Waals surface area (Å²) in [4.78, 5) is 12.0. The number of anilines is 1. The van der Waals surface area contributed by atoms with Gasteiger partial charge in [0.1, 0.15) is 17.4 Å². The molecule has 0 bridgehead atoms. The van der Waals surface area contributed by atoms with Crippen LogP contribution in [0.3, 0.4) is 0 Å². The Morgan fingerprint density at radius 1 is 1.11 bits per heavy atom. The van der Waals surface area contributed by atoms with Crippen LogP contribution in [-0.2, 0) is 7.05 Å². The second kappa shape index (κ2) is 7.51. The highest BCUT2D eigenvalue weighted by Gasteiger charge is 2.28. The second-order valence-electron chi connectivity index (χ2n) is 8.28. The van der Waals surface area contributed by atoms with Crippen molar-refractivity contribution in [3.8, 4) is 11.1 Å². The van der Waals surface area contributed by atoms with E-state index in [1.54, 1.807) is 6.33 Å². The SMILES string of the molecule is CCCN(CC1CC1)c1ncnc2c(-c3c(C)cc(C)cc3C)c(Br)n(C)c12. The van der Waals surface area contributed by atoms with Gasteiger partial charge in [-0.15, -0.1) is 0 Å². The zero-order chi connectivity index (χ0) is 20.0. The summed E-state index contributed by atoms with van der Waals surface area (Å²) in [6, 6.07) is 4.51. The summed E-state index contributed by atoms with van der Waals surface area (Å²) < 4.78 is 3.29. The standard InChI is InChI=1S/C23H29BrN4/c1-6-9-28(12-17-7-8-17)23-21-20(25-13-26-23)19(22(24)27(21)5)18-15(3)10-14(2)11-16(18)4/h10-11,13,17H,6-9,12H2,1-5H3. The molecule has 0 unspecified atom stereocenters. The summed E-state index contributed by atoms with van der Waals surface area (Å²) in [6.07, 6.45) is 5.55. The topological polar surface area (TPSA) is 34.0 Å². The van der Waals surface area contributed by atoms with Crippen LogP contribution < -0.4 is 4.90 Å². The average molecular weight is 441 g/mol. The van der Waals surface area contributed by atoms with Gasteiger partial charge in [-0.1, -0.05) is 24.6 Å². The summed E-state index contributed by atoms with van der Waals surface area (Å²) in [7, 11) is 2.11. The Balaban J connectivity index is 1.95. The monoisotopic (exact) mass is 440 g/mol. The molecule has 4 rings (SSSR count). The maximum atomic E-state index is 4.75.